The Morgan fingerprint density at radius 3 is 2.72 bits per heavy atom. The first-order valence-corrected chi connectivity index (χ1v) is 11.3. The van der Waals surface area contributed by atoms with E-state index in [9.17, 15) is 0 Å². The molecule has 0 spiro atoms. The van der Waals surface area contributed by atoms with Crippen LogP contribution in [0.5, 0.6) is 5.88 Å². The largest absolute Gasteiger partial charge is 0.476 e. The average molecular weight is 445 g/mol. The van der Waals surface area contributed by atoms with Gasteiger partial charge in [0.15, 0.2) is 5.76 Å². The van der Waals surface area contributed by atoms with Gasteiger partial charge in [0.2, 0.25) is 11.8 Å². The Balaban J connectivity index is 1.66. The standard InChI is InChI=1S/C22H36N8O2/c1-5-30(6-2)9-10-31-21-13-20(25-15(3)12-19(28-23)17-7-8-17)26-22(27-21)24-14-18-11-16(4)29-32-18/h11,13,17,19,28H,3,5-10,12,14,23H2,1-2,4H3,(H2,24,25,26,27). The Kier molecular flexibility index (Phi) is 8.83. The smallest absolute Gasteiger partial charge is 0.228 e. The molecule has 0 saturated heterocycles. The fourth-order valence-electron chi connectivity index (χ4n) is 3.48. The highest BCUT2D eigenvalue weighted by atomic mass is 16.5. The highest BCUT2D eigenvalue weighted by molar-refractivity contribution is 5.48. The van der Waals surface area contributed by atoms with Gasteiger partial charge < -0.3 is 24.8 Å². The lowest BCUT2D eigenvalue weighted by Gasteiger charge is -2.19. The molecule has 2 heterocycles. The molecule has 176 valence electrons. The third-order valence-electron chi connectivity index (χ3n) is 5.53. The van der Waals surface area contributed by atoms with Crippen LogP contribution in [0.15, 0.2) is 28.9 Å². The van der Waals surface area contributed by atoms with Crippen LogP contribution >= 0.6 is 0 Å². The fraction of sp³-hybridized carbons (Fsp3) is 0.591. The van der Waals surface area contributed by atoms with Crippen molar-refractivity contribution in [3.8, 4) is 5.88 Å². The van der Waals surface area contributed by atoms with Gasteiger partial charge in [0.1, 0.15) is 12.4 Å². The van der Waals surface area contributed by atoms with Gasteiger partial charge in [0.05, 0.1) is 12.2 Å². The van der Waals surface area contributed by atoms with Crippen molar-refractivity contribution in [2.45, 2.75) is 52.6 Å². The monoisotopic (exact) mass is 444 g/mol. The Bertz CT molecular complexity index is 863. The second-order valence-electron chi connectivity index (χ2n) is 8.12. The molecule has 1 aliphatic rings. The molecule has 0 bridgehead atoms. The highest BCUT2D eigenvalue weighted by Gasteiger charge is 2.30. The Morgan fingerprint density at radius 2 is 2.09 bits per heavy atom. The van der Waals surface area contributed by atoms with Gasteiger partial charge in [-0.25, -0.2) is 0 Å². The Labute approximate surface area is 190 Å². The summed E-state index contributed by atoms with van der Waals surface area (Å²) in [4.78, 5) is 11.4. The number of aromatic nitrogens is 3. The van der Waals surface area contributed by atoms with Crippen LogP contribution in [0.3, 0.4) is 0 Å². The minimum Gasteiger partial charge on any atom is -0.476 e. The molecule has 0 radical (unpaired) electrons. The lowest BCUT2D eigenvalue weighted by molar-refractivity contribution is 0.218. The number of likely N-dealkylation sites (N-methyl/N-ethyl adjacent to an activating group) is 1. The predicted octanol–water partition coefficient (Wildman–Crippen LogP) is 2.66. The summed E-state index contributed by atoms with van der Waals surface area (Å²) in [6, 6.07) is 3.88. The molecule has 0 aliphatic heterocycles. The van der Waals surface area contributed by atoms with E-state index in [1.54, 1.807) is 6.07 Å². The van der Waals surface area contributed by atoms with Gasteiger partial charge in [-0.3, -0.25) is 11.3 Å². The molecule has 32 heavy (non-hydrogen) atoms. The van der Waals surface area contributed by atoms with E-state index in [1.165, 1.54) is 12.8 Å². The Morgan fingerprint density at radius 1 is 1.31 bits per heavy atom. The quantitative estimate of drug-likeness (QED) is 0.240. The van der Waals surface area contributed by atoms with E-state index in [2.05, 4.69) is 56.5 Å². The third kappa shape index (κ3) is 7.47. The number of hydrogen-bond acceptors (Lipinski definition) is 10. The molecule has 1 aliphatic carbocycles. The van der Waals surface area contributed by atoms with E-state index in [0.717, 1.165) is 37.4 Å². The molecule has 10 nitrogen and oxygen atoms in total. The maximum atomic E-state index is 5.94. The number of rotatable bonds is 15. The number of nitrogens with zero attached hydrogens (tertiary/aromatic N) is 4. The van der Waals surface area contributed by atoms with E-state index >= 15 is 0 Å². The number of anilines is 2. The summed E-state index contributed by atoms with van der Waals surface area (Å²) in [5, 5.41) is 10.4. The van der Waals surface area contributed by atoms with Crippen LogP contribution in [0.25, 0.3) is 0 Å². The Hall–Kier alpha value is -2.69. The van der Waals surface area contributed by atoms with Crippen molar-refractivity contribution in [1.29, 1.82) is 0 Å². The molecule has 2 aromatic heterocycles. The molecule has 0 amide bonds. The van der Waals surface area contributed by atoms with Crippen LogP contribution in [0.2, 0.25) is 0 Å². The van der Waals surface area contributed by atoms with E-state index in [0.29, 0.717) is 42.5 Å². The van der Waals surface area contributed by atoms with E-state index in [1.807, 2.05) is 13.0 Å². The average Bonchev–Trinajstić information content (AvgIpc) is 3.54. The normalized spacial score (nSPS) is 14.4. The molecule has 2 aromatic rings. The molecule has 1 atom stereocenters. The zero-order chi connectivity index (χ0) is 22.9. The van der Waals surface area contributed by atoms with Crippen molar-refractivity contribution in [2.75, 3.05) is 36.9 Å². The second-order valence-corrected chi connectivity index (χ2v) is 8.12. The lowest BCUT2D eigenvalue weighted by Crippen LogP contribution is -2.37. The zero-order valence-corrected chi connectivity index (χ0v) is 19.4. The first kappa shape index (κ1) is 24.0. The first-order valence-electron chi connectivity index (χ1n) is 11.3. The van der Waals surface area contributed by atoms with E-state index in [4.69, 9.17) is 15.1 Å². The molecule has 1 fully saturated rings. The number of aryl methyl sites for hydroxylation is 1. The molecule has 5 N–H and O–H groups in total. The van der Waals surface area contributed by atoms with Gasteiger partial charge in [0.25, 0.3) is 0 Å². The number of hydrazine groups is 1. The van der Waals surface area contributed by atoms with Crippen molar-refractivity contribution >= 4 is 11.8 Å². The summed E-state index contributed by atoms with van der Waals surface area (Å²) < 4.78 is 11.2. The van der Waals surface area contributed by atoms with Gasteiger partial charge in [0, 0.05) is 36.8 Å². The first-order chi connectivity index (χ1) is 15.5. The van der Waals surface area contributed by atoms with E-state index in [-0.39, 0.29) is 6.04 Å². The summed E-state index contributed by atoms with van der Waals surface area (Å²) in [5.74, 6) is 8.58. The maximum Gasteiger partial charge on any atom is 0.228 e. The van der Waals surface area contributed by atoms with Crippen LogP contribution in [0, 0.1) is 12.8 Å². The number of hydrogen-bond donors (Lipinski definition) is 4. The van der Waals surface area contributed by atoms with E-state index < -0.39 is 0 Å². The number of nitrogens with one attached hydrogen (secondary N) is 3. The lowest BCUT2D eigenvalue weighted by atomic mass is 10.1. The summed E-state index contributed by atoms with van der Waals surface area (Å²) in [6.07, 6.45) is 3.13. The number of nitrogens with two attached hydrogens (primary N) is 1. The summed E-state index contributed by atoms with van der Waals surface area (Å²) in [7, 11) is 0. The predicted molar refractivity (Wildman–Crippen MR) is 125 cm³/mol. The van der Waals surface area contributed by atoms with Crippen molar-refractivity contribution in [1.82, 2.24) is 25.5 Å². The second kappa shape index (κ2) is 11.8. The van der Waals surface area contributed by atoms with Crippen molar-refractivity contribution in [2.24, 2.45) is 11.8 Å². The molecule has 10 heteroatoms. The fourth-order valence-corrected chi connectivity index (χ4v) is 3.48. The SMILES string of the molecule is C=C(CC(NN)C1CC1)Nc1cc(OCCN(CC)CC)nc(NCc2cc(C)no2)n1. The van der Waals surface area contributed by atoms with Crippen LogP contribution in [-0.4, -0.2) is 52.3 Å². The zero-order valence-electron chi connectivity index (χ0n) is 19.4. The minimum atomic E-state index is 0.217. The van der Waals surface area contributed by atoms with Gasteiger partial charge in [-0.15, -0.1) is 0 Å². The van der Waals surface area contributed by atoms with Crippen molar-refractivity contribution < 1.29 is 9.26 Å². The molecule has 1 unspecified atom stereocenters. The molecular formula is C22H36N8O2. The van der Waals surface area contributed by atoms with Gasteiger partial charge >= 0.3 is 0 Å². The molecule has 0 aromatic carbocycles. The summed E-state index contributed by atoms with van der Waals surface area (Å²) >= 11 is 0. The van der Waals surface area contributed by atoms with Crippen LogP contribution in [0.4, 0.5) is 11.8 Å². The van der Waals surface area contributed by atoms with Gasteiger partial charge in [-0.1, -0.05) is 25.6 Å². The van der Waals surface area contributed by atoms with Crippen LogP contribution in [-0.2, 0) is 6.54 Å². The van der Waals surface area contributed by atoms with Crippen LogP contribution < -0.4 is 26.6 Å². The highest BCUT2D eigenvalue weighted by Crippen LogP contribution is 2.34. The third-order valence-corrected chi connectivity index (χ3v) is 5.53. The maximum absolute atomic E-state index is 5.94. The van der Waals surface area contributed by atoms with Gasteiger partial charge in [-0.2, -0.15) is 9.97 Å². The number of ether oxygens (including phenoxy) is 1. The summed E-state index contributed by atoms with van der Waals surface area (Å²) in [5.41, 5.74) is 4.57. The van der Waals surface area contributed by atoms with Crippen LogP contribution in [0.1, 0.15) is 44.6 Å². The summed E-state index contributed by atoms with van der Waals surface area (Å²) in [6.45, 7) is 14.1. The topological polar surface area (TPSA) is 126 Å². The minimum absolute atomic E-state index is 0.217. The van der Waals surface area contributed by atoms with Crippen molar-refractivity contribution in [3.63, 3.8) is 0 Å². The molecular weight excluding hydrogens is 408 g/mol. The molecule has 1 saturated carbocycles. The molecule has 3 rings (SSSR count). The van der Waals surface area contributed by atoms with Gasteiger partial charge in [-0.05, 0) is 38.8 Å². The van der Waals surface area contributed by atoms with Crippen molar-refractivity contribution in [3.05, 3.63) is 35.9 Å².